The van der Waals surface area contributed by atoms with Crippen molar-refractivity contribution in [2.24, 2.45) is 0 Å². The van der Waals surface area contributed by atoms with Crippen molar-refractivity contribution in [1.82, 2.24) is 20.1 Å². The third-order valence-electron chi connectivity index (χ3n) is 6.95. The normalized spacial score (nSPS) is 18.4. The molecule has 1 aliphatic carbocycles. The van der Waals surface area contributed by atoms with Crippen LogP contribution in [0.4, 0.5) is 4.39 Å². The van der Waals surface area contributed by atoms with E-state index in [1.165, 1.54) is 29.9 Å². The SMILES string of the molecule is Cc1nc(C(=O)N2CCCCC2C(C2=c3ccoc3=CCC2=O)c2nnco2)c(-c2ccc(F)cc2)s1. The van der Waals surface area contributed by atoms with Crippen LogP contribution in [0.3, 0.4) is 0 Å². The van der Waals surface area contributed by atoms with Gasteiger partial charge in [-0.1, -0.05) is 12.1 Å². The topological polar surface area (TPSA) is 102 Å². The Bertz CT molecular complexity index is 1590. The first-order valence-electron chi connectivity index (χ1n) is 12.1. The number of hydrogen-bond acceptors (Lipinski definition) is 8. The Labute approximate surface area is 215 Å². The Morgan fingerprint density at radius 3 is 2.81 bits per heavy atom. The van der Waals surface area contributed by atoms with Gasteiger partial charge in [0.25, 0.3) is 5.91 Å². The van der Waals surface area contributed by atoms with Crippen molar-refractivity contribution in [3.63, 3.8) is 0 Å². The average molecular weight is 519 g/mol. The molecule has 8 nitrogen and oxygen atoms in total. The molecule has 1 amide bonds. The van der Waals surface area contributed by atoms with Gasteiger partial charge in [0.15, 0.2) is 5.78 Å². The monoisotopic (exact) mass is 518 g/mol. The lowest BCUT2D eigenvalue weighted by Gasteiger charge is -2.39. The largest absolute Gasteiger partial charge is 0.465 e. The highest BCUT2D eigenvalue weighted by Gasteiger charge is 2.42. The van der Waals surface area contributed by atoms with Crippen LogP contribution >= 0.6 is 11.3 Å². The second-order valence-corrected chi connectivity index (χ2v) is 10.4. The number of benzene rings is 1. The number of ketones is 1. The van der Waals surface area contributed by atoms with Crippen molar-refractivity contribution >= 4 is 34.7 Å². The van der Waals surface area contributed by atoms with Crippen molar-refractivity contribution < 1.29 is 22.8 Å². The Balaban J connectivity index is 1.46. The zero-order valence-corrected chi connectivity index (χ0v) is 20.8. The number of carbonyl (C=O) groups excluding carboxylic acids is 2. The van der Waals surface area contributed by atoms with Crippen LogP contribution in [0.2, 0.25) is 0 Å². The Hall–Kier alpha value is -3.92. The van der Waals surface area contributed by atoms with Gasteiger partial charge in [-0.15, -0.1) is 21.5 Å². The van der Waals surface area contributed by atoms with E-state index in [9.17, 15) is 14.0 Å². The molecule has 0 radical (unpaired) electrons. The molecule has 1 fully saturated rings. The molecule has 0 bridgehead atoms. The minimum Gasteiger partial charge on any atom is -0.465 e. The van der Waals surface area contributed by atoms with E-state index in [1.807, 2.05) is 6.92 Å². The van der Waals surface area contributed by atoms with Gasteiger partial charge in [-0.05, 0) is 56.0 Å². The number of aryl methyl sites for hydroxylation is 1. The number of hydrogen-bond donors (Lipinski definition) is 0. The van der Waals surface area contributed by atoms with Gasteiger partial charge >= 0.3 is 0 Å². The lowest BCUT2D eigenvalue weighted by atomic mass is 9.80. The molecule has 2 unspecified atom stereocenters. The standard InChI is InChI=1S/C27H23FN4O4S/c1-15-30-24(25(37-15)16-5-7-17(28)8-6-16)27(34)32-12-3-2-4-19(32)23(26-31-29-14-36-26)22-18-11-13-35-21(18)10-9-20(22)33/h5-8,10-11,13-14,19,23H,2-4,9,12H2,1H3. The molecule has 3 aromatic heterocycles. The number of thiazole rings is 1. The second kappa shape index (κ2) is 9.51. The van der Waals surface area contributed by atoms with E-state index < -0.39 is 12.0 Å². The molecule has 6 rings (SSSR count). The number of halogens is 1. The number of Topliss-reactive ketones (excluding diaryl/α,β-unsaturated/α-hetero) is 1. The first-order chi connectivity index (χ1) is 18.0. The van der Waals surface area contributed by atoms with Crippen molar-refractivity contribution in [1.29, 1.82) is 0 Å². The minimum absolute atomic E-state index is 0.0634. The predicted octanol–water partition coefficient (Wildman–Crippen LogP) is 3.62. The number of aromatic nitrogens is 3. The van der Waals surface area contributed by atoms with E-state index in [1.54, 1.807) is 35.4 Å². The van der Waals surface area contributed by atoms with Gasteiger partial charge in [-0.3, -0.25) is 9.59 Å². The number of carbonyl (C=O) groups is 2. The van der Waals surface area contributed by atoms with E-state index in [4.69, 9.17) is 8.83 Å². The summed E-state index contributed by atoms with van der Waals surface area (Å²) in [6, 6.07) is 7.43. The van der Waals surface area contributed by atoms with Crippen LogP contribution in [0.25, 0.3) is 22.1 Å². The predicted molar refractivity (Wildman–Crippen MR) is 133 cm³/mol. The molecule has 2 atom stereocenters. The zero-order valence-electron chi connectivity index (χ0n) is 20.0. The first-order valence-corrected chi connectivity index (χ1v) is 12.9. The van der Waals surface area contributed by atoms with Gasteiger partial charge in [0.2, 0.25) is 12.3 Å². The summed E-state index contributed by atoms with van der Waals surface area (Å²) in [5.41, 5.74) is 2.20. The second-order valence-electron chi connectivity index (χ2n) is 9.18. The molecule has 2 aliphatic rings. The van der Waals surface area contributed by atoms with Gasteiger partial charge in [0, 0.05) is 29.8 Å². The van der Waals surface area contributed by atoms with Crippen LogP contribution in [-0.4, -0.2) is 44.4 Å². The molecule has 0 spiro atoms. The summed E-state index contributed by atoms with van der Waals surface area (Å²) in [6.07, 6.45) is 7.12. The highest BCUT2D eigenvalue weighted by atomic mass is 32.1. The molecule has 0 saturated carbocycles. The van der Waals surface area contributed by atoms with Gasteiger partial charge in [-0.2, -0.15) is 0 Å². The van der Waals surface area contributed by atoms with Gasteiger partial charge in [0.05, 0.1) is 22.1 Å². The number of fused-ring (bicyclic) bond motifs is 1. The maximum absolute atomic E-state index is 14.1. The quantitative estimate of drug-likeness (QED) is 0.398. The summed E-state index contributed by atoms with van der Waals surface area (Å²) in [5, 5.41) is 9.49. The molecule has 0 N–H and O–H groups in total. The van der Waals surface area contributed by atoms with E-state index in [0.717, 1.165) is 23.4 Å². The van der Waals surface area contributed by atoms with Crippen molar-refractivity contribution in [3.05, 3.63) is 76.0 Å². The van der Waals surface area contributed by atoms with E-state index in [0.29, 0.717) is 39.7 Å². The number of furan rings is 1. The lowest BCUT2D eigenvalue weighted by Crippen LogP contribution is -2.49. The Morgan fingerprint density at radius 2 is 2.03 bits per heavy atom. The number of likely N-dealkylation sites (tertiary alicyclic amines) is 1. The number of rotatable bonds is 5. The summed E-state index contributed by atoms with van der Waals surface area (Å²) < 4.78 is 24.8. The fourth-order valence-electron chi connectivity index (χ4n) is 5.35. The summed E-state index contributed by atoms with van der Waals surface area (Å²) in [4.78, 5) is 34.5. The fraction of sp³-hybridized carbons (Fsp3) is 0.296. The van der Waals surface area contributed by atoms with E-state index in [-0.39, 0.29) is 29.8 Å². The van der Waals surface area contributed by atoms with Gasteiger partial charge < -0.3 is 13.7 Å². The molecule has 188 valence electrons. The van der Waals surface area contributed by atoms with E-state index in [2.05, 4.69) is 15.2 Å². The molecular weight excluding hydrogens is 495 g/mol. The third-order valence-corrected chi connectivity index (χ3v) is 7.97. The highest BCUT2D eigenvalue weighted by Crippen LogP contribution is 2.39. The first kappa shape index (κ1) is 23.5. The number of amides is 1. The van der Waals surface area contributed by atoms with Crippen LogP contribution in [0.5, 0.6) is 0 Å². The van der Waals surface area contributed by atoms with Crippen molar-refractivity contribution in [2.45, 2.75) is 44.6 Å². The van der Waals surface area contributed by atoms with Crippen molar-refractivity contribution in [2.75, 3.05) is 6.54 Å². The molecule has 1 saturated heterocycles. The maximum atomic E-state index is 14.1. The van der Waals surface area contributed by atoms with Crippen molar-refractivity contribution in [3.8, 4) is 10.4 Å². The summed E-state index contributed by atoms with van der Waals surface area (Å²) >= 11 is 1.40. The highest BCUT2D eigenvalue weighted by molar-refractivity contribution is 7.15. The summed E-state index contributed by atoms with van der Waals surface area (Å²) in [7, 11) is 0. The fourth-order valence-corrected chi connectivity index (χ4v) is 6.26. The lowest BCUT2D eigenvalue weighted by molar-refractivity contribution is -0.113. The summed E-state index contributed by atoms with van der Waals surface area (Å²) in [6.45, 7) is 2.34. The van der Waals surface area contributed by atoms with Crippen LogP contribution in [0.15, 0.2) is 51.8 Å². The number of piperidine rings is 1. The zero-order chi connectivity index (χ0) is 25.5. The average Bonchev–Trinajstić information content (AvgIpc) is 3.67. The summed E-state index contributed by atoms with van der Waals surface area (Å²) in [5.74, 6) is -0.970. The third kappa shape index (κ3) is 4.21. The Morgan fingerprint density at radius 1 is 1.19 bits per heavy atom. The molecule has 37 heavy (non-hydrogen) atoms. The van der Waals surface area contributed by atoms with Crippen LogP contribution in [0.1, 0.15) is 53.0 Å². The van der Waals surface area contributed by atoms with Crippen LogP contribution in [-0.2, 0) is 4.79 Å². The molecule has 1 aromatic carbocycles. The van der Waals surface area contributed by atoms with E-state index >= 15 is 0 Å². The van der Waals surface area contributed by atoms with Gasteiger partial charge in [0.1, 0.15) is 16.9 Å². The van der Waals surface area contributed by atoms with Crippen LogP contribution < -0.4 is 10.6 Å². The molecule has 1 aliphatic heterocycles. The molecule has 10 heteroatoms. The molecular formula is C27H23FN4O4S. The Kier molecular flexibility index (Phi) is 6.03. The number of nitrogens with zero attached hydrogens (tertiary/aromatic N) is 4. The van der Waals surface area contributed by atoms with Crippen LogP contribution in [0, 0.1) is 12.7 Å². The minimum atomic E-state index is -0.613. The van der Waals surface area contributed by atoms with Gasteiger partial charge in [-0.25, -0.2) is 9.37 Å². The maximum Gasteiger partial charge on any atom is 0.274 e. The molecule has 4 heterocycles. The smallest absolute Gasteiger partial charge is 0.274 e. The molecule has 4 aromatic rings.